The average Bonchev–Trinajstić information content (AvgIpc) is 3.25. The Morgan fingerprint density at radius 3 is 2.56 bits per heavy atom. The molecule has 0 fully saturated rings. The second kappa shape index (κ2) is 9.37. The number of H-pyrrole nitrogens is 1. The Morgan fingerprint density at radius 1 is 1.12 bits per heavy atom. The molecule has 0 spiro atoms. The van der Waals surface area contributed by atoms with Crippen LogP contribution in [-0.2, 0) is 4.79 Å². The van der Waals surface area contributed by atoms with Crippen LogP contribution in [-0.4, -0.2) is 37.8 Å². The van der Waals surface area contributed by atoms with Gasteiger partial charge in [0.25, 0.3) is 5.91 Å². The third-order valence-electron chi connectivity index (χ3n) is 5.35. The molecule has 0 aliphatic rings. The molecule has 2 amide bonds. The number of carbonyl (C=O) groups is 2. The number of rotatable bonds is 7. The lowest BCUT2D eigenvalue weighted by Crippen LogP contribution is -2.31. The molecule has 1 aromatic carbocycles. The van der Waals surface area contributed by atoms with Crippen molar-refractivity contribution in [2.75, 3.05) is 11.1 Å². The van der Waals surface area contributed by atoms with Crippen LogP contribution in [0.25, 0.3) is 27.7 Å². The summed E-state index contributed by atoms with van der Waals surface area (Å²) >= 11 is 0. The van der Waals surface area contributed by atoms with Crippen LogP contribution in [0, 0.1) is 0 Å². The van der Waals surface area contributed by atoms with Crippen molar-refractivity contribution in [1.29, 1.82) is 0 Å². The zero-order valence-electron chi connectivity index (χ0n) is 18.5. The van der Waals surface area contributed by atoms with Crippen LogP contribution < -0.4 is 16.4 Å². The van der Waals surface area contributed by atoms with Crippen LogP contribution in [0.3, 0.4) is 0 Å². The van der Waals surface area contributed by atoms with E-state index in [9.17, 15) is 9.59 Å². The second-order valence-corrected chi connectivity index (χ2v) is 7.56. The number of nitrogens with two attached hydrogens (primary N) is 1. The largest absolute Gasteiger partial charge is 0.383 e. The fourth-order valence-corrected chi connectivity index (χ4v) is 3.57. The zero-order valence-corrected chi connectivity index (χ0v) is 18.5. The molecule has 0 aliphatic heterocycles. The lowest BCUT2D eigenvalue weighted by molar-refractivity contribution is -0.116. The maximum absolute atomic E-state index is 12.6. The number of aromatic nitrogens is 4. The summed E-state index contributed by atoms with van der Waals surface area (Å²) in [7, 11) is 0. The van der Waals surface area contributed by atoms with E-state index in [0.717, 1.165) is 11.1 Å². The van der Waals surface area contributed by atoms with Crippen molar-refractivity contribution in [3.63, 3.8) is 0 Å². The summed E-state index contributed by atoms with van der Waals surface area (Å²) in [6.45, 7) is 9.48. The normalized spacial score (nSPS) is 11.6. The first-order valence-electron chi connectivity index (χ1n) is 10.5. The SMILES string of the molecule is C=CC(=O)N[C@@H](C)C(=C)c1[nH]c2ncnc(N)c2c1-c1ccc(C(=O)Nc2ccccn2)cc1. The Bertz CT molecular complexity index is 1390. The maximum atomic E-state index is 12.6. The number of hydrogen-bond donors (Lipinski definition) is 4. The smallest absolute Gasteiger partial charge is 0.256 e. The average molecular weight is 454 g/mol. The number of nitrogen functional groups attached to an aromatic ring is 1. The van der Waals surface area contributed by atoms with Gasteiger partial charge in [0.15, 0.2) is 0 Å². The zero-order chi connectivity index (χ0) is 24.2. The second-order valence-electron chi connectivity index (χ2n) is 7.56. The van der Waals surface area contributed by atoms with Gasteiger partial charge in [-0.15, -0.1) is 0 Å². The van der Waals surface area contributed by atoms with Crippen molar-refractivity contribution < 1.29 is 9.59 Å². The molecule has 170 valence electrons. The monoisotopic (exact) mass is 453 g/mol. The molecule has 4 rings (SSSR count). The first-order chi connectivity index (χ1) is 16.4. The molecule has 3 aromatic heterocycles. The van der Waals surface area contributed by atoms with Crippen molar-refractivity contribution in [2.24, 2.45) is 0 Å². The quantitative estimate of drug-likeness (QED) is 0.316. The van der Waals surface area contributed by atoms with Crippen LogP contribution in [0.4, 0.5) is 11.6 Å². The van der Waals surface area contributed by atoms with Gasteiger partial charge in [0, 0.05) is 17.3 Å². The van der Waals surface area contributed by atoms with Crippen molar-refractivity contribution >= 4 is 40.1 Å². The van der Waals surface area contributed by atoms with E-state index in [1.54, 1.807) is 36.5 Å². The summed E-state index contributed by atoms with van der Waals surface area (Å²) in [4.78, 5) is 40.2. The highest BCUT2D eigenvalue weighted by Crippen LogP contribution is 2.38. The fourth-order valence-electron chi connectivity index (χ4n) is 3.57. The number of pyridine rings is 1. The Balaban J connectivity index is 1.72. The van der Waals surface area contributed by atoms with E-state index in [1.807, 2.05) is 19.1 Å². The number of nitrogens with one attached hydrogen (secondary N) is 3. The minimum absolute atomic E-state index is 0.280. The van der Waals surface area contributed by atoms with Crippen molar-refractivity contribution in [3.8, 4) is 11.1 Å². The minimum atomic E-state index is -0.394. The molecule has 4 aromatic rings. The predicted molar refractivity (Wildman–Crippen MR) is 133 cm³/mol. The van der Waals surface area contributed by atoms with Crippen LogP contribution in [0.2, 0.25) is 0 Å². The number of aromatic amines is 1. The Labute approximate surface area is 195 Å². The van der Waals surface area contributed by atoms with Gasteiger partial charge < -0.3 is 21.4 Å². The standard InChI is InChI=1S/C25H23N7O2/c1-4-19(33)30-15(3)14(2)22-20(21-23(26)28-13-29-24(21)32-22)16-8-10-17(11-9-16)25(34)31-18-7-5-6-12-27-18/h4-13,15H,1-2H2,3H3,(H,30,33)(H,27,31,34)(H3,26,28,29,32)/t15-/m0/s1. The van der Waals surface area contributed by atoms with E-state index >= 15 is 0 Å². The number of nitrogens with zero attached hydrogens (tertiary/aromatic N) is 3. The number of amides is 2. The van der Waals surface area contributed by atoms with E-state index in [1.165, 1.54) is 12.4 Å². The molecule has 0 unspecified atom stereocenters. The predicted octanol–water partition coefficient (Wildman–Crippen LogP) is 3.56. The number of carbonyl (C=O) groups excluding carboxylic acids is 2. The molecular formula is C25H23N7O2. The summed E-state index contributed by atoms with van der Waals surface area (Å²) in [5, 5.41) is 6.20. The summed E-state index contributed by atoms with van der Waals surface area (Å²) < 4.78 is 0. The van der Waals surface area contributed by atoms with Gasteiger partial charge in [0.2, 0.25) is 5.91 Å². The third-order valence-corrected chi connectivity index (χ3v) is 5.35. The molecule has 0 saturated heterocycles. The summed E-state index contributed by atoms with van der Waals surface area (Å²) in [6.07, 6.45) is 4.18. The Kier molecular flexibility index (Phi) is 6.18. The molecule has 34 heavy (non-hydrogen) atoms. The molecule has 5 N–H and O–H groups in total. The van der Waals surface area contributed by atoms with Gasteiger partial charge in [-0.3, -0.25) is 9.59 Å². The fraction of sp³-hybridized carbons (Fsp3) is 0.0800. The molecule has 9 nitrogen and oxygen atoms in total. The van der Waals surface area contributed by atoms with Gasteiger partial charge in [-0.2, -0.15) is 0 Å². The number of anilines is 2. The molecule has 0 bridgehead atoms. The van der Waals surface area contributed by atoms with Crippen molar-refractivity contribution in [3.05, 3.63) is 85.5 Å². The van der Waals surface area contributed by atoms with E-state index in [2.05, 4.69) is 43.7 Å². The number of hydrogen-bond acceptors (Lipinski definition) is 6. The summed E-state index contributed by atoms with van der Waals surface area (Å²) in [5.74, 6) is 0.175. The van der Waals surface area contributed by atoms with E-state index in [-0.39, 0.29) is 11.8 Å². The number of fused-ring (bicyclic) bond motifs is 1. The van der Waals surface area contributed by atoms with E-state index in [4.69, 9.17) is 5.73 Å². The molecule has 1 atom stereocenters. The van der Waals surface area contributed by atoms with Crippen LogP contribution >= 0.6 is 0 Å². The minimum Gasteiger partial charge on any atom is -0.383 e. The highest BCUT2D eigenvalue weighted by atomic mass is 16.2. The molecular weight excluding hydrogens is 430 g/mol. The van der Waals surface area contributed by atoms with Crippen LogP contribution in [0.15, 0.2) is 74.2 Å². The first kappa shape index (κ1) is 22.4. The van der Waals surface area contributed by atoms with Gasteiger partial charge in [-0.1, -0.05) is 31.4 Å². The highest BCUT2D eigenvalue weighted by Gasteiger charge is 2.22. The highest BCUT2D eigenvalue weighted by molar-refractivity contribution is 6.07. The van der Waals surface area contributed by atoms with Gasteiger partial charge in [0.1, 0.15) is 23.6 Å². The maximum Gasteiger partial charge on any atom is 0.256 e. The Morgan fingerprint density at radius 2 is 1.88 bits per heavy atom. The van der Waals surface area contributed by atoms with Crippen LogP contribution in [0.5, 0.6) is 0 Å². The van der Waals surface area contributed by atoms with E-state index in [0.29, 0.717) is 39.5 Å². The molecule has 3 heterocycles. The topological polar surface area (TPSA) is 139 Å². The number of benzene rings is 1. The van der Waals surface area contributed by atoms with E-state index < -0.39 is 6.04 Å². The summed E-state index contributed by atoms with van der Waals surface area (Å²) in [6, 6.07) is 11.9. The lowest BCUT2D eigenvalue weighted by Gasteiger charge is -2.17. The summed E-state index contributed by atoms with van der Waals surface area (Å²) in [5.41, 5.74) is 9.99. The van der Waals surface area contributed by atoms with Gasteiger partial charge in [-0.05, 0) is 48.4 Å². The Hall–Kier alpha value is -4.79. The van der Waals surface area contributed by atoms with Gasteiger partial charge >= 0.3 is 0 Å². The lowest BCUT2D eigenvalue weighted by atomic mass is 9.96. The third kappa shape index (κ3) is 4.40. The first-order valence-corrected chi connectivity index (χ1v) is 10.5. The van der Waals surface area contributed by atoms with Crippen molar-refractivity contribution in [2.45, 2.75) is 13.0 Å². The molecule has 9 heteroatoms. The molecule has 0 saturated carbocycles. The van der Waals surface area contributed by atoms with Crippen molar-refractivity contribution in [1.82, 2.24) is 25.3 Å². The van der Waals surface area contributed by atoms with Crippen LogP contribution in [0.1, 0.15) is 23.0 Å². The molecule has 0 radical (unpaired) electrons. The van der Waals surface area contributed by atoms with Gasteiger partial charge in [0.05, 0.1) is 17.1 Å². The molecule has 0 aliphatic carbocycles. The van der Waals surface area contributed by atoms with Gasteiger partial charge in [-0.25, -0.2) is 15.0 Å².